The van der Waals surface area contributed by atoms with E-state index >= 15 is 0 Å². The van der Waals surface area contributed by atoms with Crippen LogP contribution < -0.4 is 10.1 Å². The molecule has 0 atom stereocenters. The molecule has 0 saturated heterocycles. The molecule has 0 radical (unpaired) electrons. The third-order valence-electron chi connectivity index (χ3n) is 3.13. The van der Waals surface area contributed by atoms with Gasteiger partial charge in [-0.2, -0.15) is 0 Å². The minimum Gasteiger partial charge on any atom is -0.478 e. The highest BCUT2D eigenvalue weighted by atomic mass is 35.5. The molecule has 2 N–H and O–H groups in total. The Hall–Kier alpha value is -2.12. The molecule has 8 heteroatoms. The lowest BCUT2D eigenvalue weighted by Gasteiger charge is -2.25. The van der Waals surface area contributed by atoms with Crippen LogP contribution in [0.15, 0.2) is 29.6 Å². The minimum absolute atomic E-state index is 0.0210. The first-order chi connectivity index (χ1) is 11.3. The fourth-order valence-electron chi connectivity index (χ4n) is 1.86. The van der Waals surface area contributed by atoms with Crippen LogP contribution in [0.4, 0.5) is 0 Å². The average molecular weight is 369 g/mol. The van der Waals surface area contributed by atoms with Gasteiger partial charge in [-0.3, -0.25) is 4.79 Å². The summed E-state index contributed by atoms with van der Waals surface area (Å²) in [6.45, 7) is 3.69. The van der Waals surface area contributed by atoms with Gasteiger partial charge in [0.2, 0.25) is 0 Å². The van der Waals surface area contributed by atoms with E-state index in [0.717, 1.165) is 0 Å². The van der Waals surface area contributed by atoms with Gasteiger partial charge in [0.05, 0.1) is 5.01 Å². The van der Waals surface area contributed by atoms with E-state index in [9.17, 15) is 9.59 Å². The monoisotopic (exact) mass is 368 g/mol. The van der Waals surface area contributed by atoms with E-state index in [-0.39, 0.29) is 11.6 Å². The molecule has 1 aromatic carbocycles. The third-order valence-corrected chi connectivity index (χ3v) is 4.29. The number of benzene rings is 1. The summed E-state index contributed by atoms with van der Waals surface area (Å²) in [5.74, 6) is -0.780. The molecule has 0 bridgehead atoms. The van der Waals surface area contributed by atoms with E-state index < -0.39 is 11.6 Å². The highest BCUT2D eigenvalue weighted by Gasteiger charge is 2.29. The number of nitrogens with one attached hydrogen (secondary N) is 1. The Kier molecular flexibility index (Phi) is 5.80. The molecular formula is C16H17ClN2O4S. The number of ether oxygens (including phenoxy) is 1. The molecule has 0 fully saturated rings. The van der Waals surface area contributed by atoms with E-state index in [1.165, 1.54) is 16.7 Å². The molecule has 0 unspecified atom stereocenters. The first kappa shape index (κ1) is 18.2. The molecule has 2 rings (SSSR count). The lowest BCUT2D eigenvalue weighted by atomic mass is 10.1. The van der Waals surface area contributed by atoms with Gasteiger partial charge in [0.15, 0.2) is 11.3 Å². The number of nitrogens with zero attached hydrogens (tertiary/aromatic N) is 1. The SMILES string of the molecule is CC(C)(Oc1ccc(Cl)cc1)C(=O)NCCc1nc(C(=O)O)cs1. The number of amides is 1. The van der Waals surface area contributed by atoms with Crippen molar-refractivity contribution in [2.45, 2.75) is 25.9 Å². The normalized spacial score (nSPS) is 11.1. The summed E-state index contributed by atoms with van der Waals surface area (Å²) in [6.07, 6.45) is 0.459. The van der Waals surface area contributed by atoms with Crippen LogP contribution in [0.5, 0.6) is 5.75 Å². The van der Waals surface area contributed by atoms with Crippen molar-refractivity contribution in [2.24, 2.45) is 0 Å². The molecule has 128 valence electrons. The van der Waals surface area contributed by atoms with Crippen molar-refractivity contribution in [3.05, 3.63) is 45.4 Å². The van der Waals surface area contributed by atoms with Gasteiger partial charge in [0, 0.05) is 23.4 Å². The summed E-state index contributed by atoms with van der Waals surface area (Å²) in [5, 5.41) is 14.3. The average Bonchev–Trinajstić information content (AvgIpc) is 2.98. The maximum Gasteiger partial charge on any atom is 0.355 e. The zero-order valence-electron chi connectivity index (χ0n) is 13.2. The van der Waals surface area contributed by atoms with Crippen molar-refractivity contribution in [3.63, 3.8) is 0 Å². The summed E-state index contributed by atoms with van der Waals surface area (Å²) < 4.78 is 5.70. The standard InChI is InChI=1S/C16H17ClN2O4S/c1-16(2,23-11-5-3-10(17)4-6-11)15(22)18-8-7-13-19-12(9-24-13)14(20)21/h3-6,9H,7-8H2,1-2H3,(H,18,22)(H,20,21). The Morgan fingerprint density at radius 2 is 2.00 bits per heavy atom. The van der Waals surface area contributed by atoms with Crippen LogP contribution in [0.1, 0.15) is 29.3 Å². The number of thiazole rings is 1. The topological polar surface area (TPSA) is 88.5 Å². The van der Waals surface area contributed by atoms with Crippen molar-refractivity contribution < 1.29 is 19.4 Å². The predicted octanol–water partition coefficient (Wildman–Crippen LogP) is 3.01. The number of carbonyl (C=O) groups is 2. The van der Waals surface area contributed by atoms with E-state index in [2.05, 4.69) is 10.3 Å². The Morgan fingerprint density at radius 3 is 2.58 bits per heavy atom. The number of halogens is 1. The van der Waals surface area contributed by atoms with Crippen LogP contribution in [-0.4, -0.2) is 34.1 Å². The molecule has 2 aromatic rings. The lowest BCUT2D eigenvalue weighted by molar-refractivity contribution is -0.134. The molecule has 0 aliphatic carbocycles. The molecule has 1 amide bonds. The molecule has 1 heterocycles. The van der Waals surface area contributed by atoms with Crippen molar-refractivity contribution >= 4 is 34.8 Å². The quantitative estimate of drug-likeness (QED) is 0.784. The number of aromatic nitrogens is 1. The molecule has 0 spiro atoms. The van der Waals surface area contributed by atoms with E-state index in [1.807, 2.05) is 0 Å². The van der Waals surface area contributed by atoms with Crippen LogP contribution >= 0.6 is 22.9 Å². The maximum atomic E-state index is 12.3. The molecule has 0 aliphatic rings. The van der Waals surface area contributed by atoms with Gasteiger partial charge in [-0.05, 0) is 38.1 Å². The van der Waals surface area contributed by atoms with Gasteiger partial charge in [-0.25, -0.2) is 9.78 Å². The molecule has 1 aromatic heterocycles. The summed E-state index contributed by atoms with van der Waals surface area (Å²) >= 11 is 7.07. The largest absolute Gasteiger partial charge is 0.478 e. The van der Waals surface area contributed by atoms with E-state index in [1.54, 1.807) is 38.1 Å². The number of carboxylic acids is 1. The fraction of sp³-hybridized carbons (Fsp3) is 0.312. The summed E-state index contributed by atoms with van der Waals surface area (Å²) in [7, 11) is 0. The zero-order valence-corrected chi connectivity index (χ0v) is 14.8. The Balaban J connectivity index is 1.85. The first-order valence-electron chi connectivity index (χ1n) is 7.18. The summed E-state index contributed by atoms with van der Waals surface area (Å²) in [5.41, 5.74) is -1.03. The van der Waals surface area contributed by atoms with Crippen LogP contribution in [0.25, 0.3) is 0 Å². The van der Waals surface area contributed by atoms with Crippen LogP contribution in [-0.2, 0) is 11.2 Å². The summed E-state index contributed by atoms with van der Waals surface area (Å²) in [6, 6.07) is 6.77. The van der Waals surface area contributed by atoms with Crippen molar-refractivity contribution in [1.29, 1.82) is 0 Å². The van der Waals surface area contributed by atoms with Gasteiger partial charge in [0.1, 0.15) is 5.75 Å². The van der Waals surface area contributed by atoms with Crippen LogP contribution in [0, 0.1) is 0 Å². The molecule has 24 heavy (non-hydrogen) atoms. The number of carboxylic acid groups (broad SMARTS) is 1. The zero-order chi connectivity index (χ0) is 17.7. The molecule has 0 aliphatic heterocycles. The van der Waals surface area contributed by atoms with Gasteiger partial charge in [-0.15, -0.1) is 11.3 Å². The minimum atomic E-state index is -1.06. The second-order valence-corrected chi connectivity index (χ2v) is 6.88. The van der Waals surface area contributed by atoms with E-state index in [0.29, 0.717) is 28.7 Å². The Bertz CT molecular complexity index is 728. The predicted molar refractivity (Wildman–Crippen MR) is 91.9 cm³/mol. The van der Waals surface area contributed by atoms with Crippen LogP contribution in [0.3, 0.4) is 0 Å². The second kappa shape index (κ2) is 7.63. The first-order valence-corrected chi connectivity index (χ1v) is 8.44. The maximum absolute atomic E-state index is 12.3. The van der Waals surface area contributed by atoms with Gasteiger partial charge in [-0.1, -0.05) is 11.6 Å². The fourth-order valence-corrected chi connectivity index (χ4v) is 2.76. The van der Waals surface area contributed by atoms with E-state index in [4.69, 9.17) is 21.4 Å². The van der Waals surface area contributed by atoms with Gasteiger partial charge >= 0.3 is 5.97 Å². The molecular weight excluding hydrogens is 352 g/mol. The smallest absolute Gasteiger partial charge is 0.355 e. The summed E-state index contributed by atoms with van der Waals surface area (Å²) in [4.78, 5) is 27.0. The molecule has 6 nitrogen and oxygen atoms in total. The number of hydrogen-bond donors (Lipinski definition) is 2. The highest BCUT2D eigenvalue weighted by molar-refractivity contribution is 7.09. The third kappa shape index (κ3) is 4.94. The second-order valence-electron chi connectivity index (χ2n) is 5.50. The number of hydrogen-bond acceptors (Lipinski definition) is 5. The van der Waals surface area contributed by atoms with Crippen molar-refractivity contribution in [1.82, 2.24) is 10.3 Å². The lowest BCUT2D eigenvalue weighted by Crippen LogP contribution is -2.47. The van der Waals surface area contributed by atoms with Crippen LogP contribution in [0.2, 0.25) is 5.02 Å². The van der Waals surface area contributed by atoms with Gasteiger partial charge < -0.3 is 15.2 Å². The van der Waals surface area contributed by atoms with Crippen molar-refractivity contribution in [2.75, 3.05) is 6.54 Å². The number of aromatic carboxylic acids is 1. The van der Waals surface area contributed by atoms with Crippen molar-refractivity contribution in [3.8, 4) is 5.75 Å². The Morgan fingerprint density at radius 1 is 1.33 bits per heavy atom. The number of rotatable bonds is 7. The van der Waals surface area contributed by atoms with Gasteiger partial charge in [0.25, 0.3) is 5.91 Å². The highest BCUT2D eigenvalue weighted by Crippen LogP contribution is 2.21. The number of carbonyl (C=O) groups excluding carboxylic acids is 1. The molecule has 0 saturated carbocycles. The Labute approximate surface area is 148 Å².